The highest BCUT2D eigenvalue weighted by Gasteiger charge is 2.92. The topological polar surface area (TPSA) is 164 Å². The first-order valence-corrected chi connectivity index (χ1v) is 5.93. The van der Waals surface area contributed by atoms with Crippen molar-refractivity contribution in [3.05, 3.63) is 0 Å². The zero-order chi connectivity index (χ0) is 17.0. The third kappa shape index (κ3) is 1.25. The van der Waals surface area contributed by atoms with E-state index in [-0.39, 0.29) is 0 Å². The van der Waals surface area contributed by atoms with Crippen molar-refractivity contribution in [3.63, 3.8) is 0 Å². The first-order valence-electron chi connectivity index (χ1n) is 5.93. The van der Waals surface area contributed by atoms with Gasteiger partial charge < -0.3 is 20.2 Å². The fourth-order valence-corrected chi connectivity index (χ4v) is 3.75. The van der Waals surface area contributed by atoms with Crippen LogP contribution in [0.3, 0.4) is 0 Å². The van der Waals surface area contributed by atoms with E-state index in [1.807, 2.05) is 0 Å². The van der Waals surface area contributed by atoms with Crippen molar-refractivity contribution in [1.29, 1.82) is 0 Å². The molecule has 2 unspecified atom stereocenters. The molecule has 0 bridgehead atoms. The van der Waals surface area contributed by atoms with E-state index in [4.69, 9.17) is 5.90 Å². The molecule has 0 amide bonds. The number of hydrogen-bond acceptors (Lipinski definition) is 6. The van der Waals surface area contributed by atoms with Crippen LogP contribution in [0.1, 0.15) is 27.7 Å². The summed E-state index contributed by atoms with van der Waals surface area (Å²) in [6.07, 6.45) is 0. The Morgan fingerprint density at radius 3 is 1.14 bits per heavy atom. The summed E-state index contributed by atoms with van der Waals surface area (Å²) in [5, 5.41) is 28.4. The van der Waals surface area contributed by atoms with Crippen molar-refractivity contribution >= 4 is 23.9 Å². The van der Waals surface area contributed by atoms with Gasteiger partial charge >= 0.3 is 23.9 Å². The van der Waals surface area contributed by atoms with Crippen LogP contribution in [0.15, 0.2) is 0 Å². The van der Waals surface area contributed by atoms with Crippen molar-refractivity contribution in [2.45, 2.75) is 27.7 Å². The number of aliphatic carboxylic acids is 3. The Morgan fingerprint density at radius 1 is 0.714 bits per heavy atom. The van der Waals surface area contributed by atoms with Gasteiger partial charge in [0.25, 0.3) is 0 Å². The van der Waals surface area contributed by atoms with Crippen LogP contribution < -0.4 is 5.90 Å². The maximum absolute atomic E-state index is 12.0. The van der Waals surface area contributed by atoms with E-state index in [0.717, 1.165) is 27.7 Å². The van der Waals surface area contributed by atoms with Crippen LogP contribution in [0.2, 0.25) is 0 Å². The normalized spacial score (nSPS) is 41.8. The summed E-state index contributed by atoms with van der Waals surface area (Å²) in [4.78, 5) is 51.0. The zero-order valence-corrected chi connectivity index (χ0v) is 12.0. The predicted molar refractivity (Wildman–Crippen MR) is 65.6 cm³/mol. The Morgan fingerprint density at radius 2 is 0.952 bits per heavy atom. The SMILES string of the molecule is CC1(C(=O)O)C(C)(C(=O)O)C(C)(C(=O)ON)C1(C)C(=O)O. The molecule has 1 aliphatic carbocycles. The molecule has 0 heterocycles. The number of nitrogens with two attached hydrogens (primary N) is 1. The Balaban J connectivity index is 3.86. The Kier molecular flexibility index (Phi) is 3.35. The van der Waals surface area contributed by atoms with Gasteiger partial charge in [-0.25, -0.2) is 4.79 Å². The maximum Gasteiger partial charge on any atom is 0.332 e. The molecule has 9 heteroatoms. The van der Waals surface area contributed by atoms with Gasteiger partial charge in [0.15, 0.2) is 0 Å². The molecule has 0 aromatic heterocycles. The summed E-state index contributed by atoms with van der Waals surface area (Å²) in [7, 11) is 0. The summed E-state index contributed by atoms with van der Waals surface area (Å²) in [6.45, 7) is 4.04. The van der Waals surface area contributed by atoms with Gasteiger partial charge in [-0.1, -0.05) is 0 Å². The summed E-state index contributed by atoms with van der Waals surface area (Å²) in [5.41, 5.74) is -8.87. The Hall–Kier alpha value is -2.16. The van der Waals surface area contributed by atoms with Crippen LogP contribution >= 0.6 is 0 Å². The lowest BCUT2D eigenvalue weighted by Gasteiger charge is -2.70. The van der Waals surface area contributed by atoms with Gasteiger partial charge in [-0.2, -0.15) is 5.90 Å². The third-order valence-corrected chi connectivity index (χ3v) is 5.80. The van der Waals surface area contributed by atoms with E-state index in [1.165, 1.54) is 0 Å². The summed E-state index contributed by atoms with van der Waals surface area (Å²) < 4.78 is 0. The first-order chi connectivity index (χ1) is 9.31. The highest BCUT2D eigenvalue weighted by molar-refractivity contribution is 6.05. The number of rotatable bonds is 4. The molecule has 0 spiro atoms. The van der Waals surface area contributed by atoms with Crippen molar-refractivity contribution < 1.29 is 39.3 Å². The molecular formula is C12H17NO8. The summed E-state index contributed by atoms with van der Waals surface area (Å²) in [5.74, 6) is -1.39. The number of carboxylic acid groups (broad SMARTS) is 3. The molecule has 0 aromatic carbocycles. The quantitative estimate of drug-likeness (QED) is 0.510. The molecule has 2 atom stereocenters. The molecule has 1 saturated carbocycles. The molecule has 9 nitrogen and oxygen atoms in total. The van der Waals surface area contributed by atoms with Gasteiger partial charge in [-0.3, -0.25) is 14.4 Å². The number of hydrogen-bond donors (Lipinski definition) is 4. The zero-order valence-electron chi connectivity index (χ0n) is 12.0. The van der Waals surface area contributed by atoms with Crippen LogP contribution in [0.4, 0.5) is 0 Å². The standard InChI is InChI=1S/C12H17NO8/c1-9(5(14)15)10(2,6(16)17)12(4,8(20)21-13)11(9,3)7(18)19/h13H2,1-4H3,(H,14,15)(H,16,17)(H,18,19). The minimum Gasteiger partial charge on any atom is -0.481 e. The van der Waals surface area contributed by atoms with Gasteiger partial charge in [-0.05, 0) is 27.7 Å². The molecule has 0 aliphatic heterocycles. The molecule has 1 fully saturated rings. The van der Waals surface area contributed by atoms with E-state index in [2.05, 4.69) is 4.84 Å². The van der Waals surface area contributed by atoms with E-state index < -0.39 is 45.5 Å². The lowest BCUT2D eigenvalue weighted by Crippen LogP contribution is -2.84. The van der Waals surface area contributed by atoms with Crippen LogP contribution in [-0.4, -0.2) is 39.2 Å². The molecule has 5 N–H and O–H groups in total. The largest absolute Gasteiger partial charge is 0.481 e. The fourth-order valence-electron chi connectivity index (χ4n) is 3.75. The second-order valence-electron chi connectivity index (χ2n) is 5.82. The number of carbonyl (C=O) groups excluding carboxylic acids is 1. The average molecular weight is 303 g/mol. The van der Waals surface area contributed by atoms with Crippen molar-refractivity contribution in [2.75, 3.05) is 0 Å². The molecule has 0 aromatic rings. The van der Waals surface area contributed by atoms with Gasteiger partial charge in [-0.15, -0.1) is 0 Å². The lowest BCUT2D eigenvalue weighted by molar-refractivity contribution is -0.295. The smallest absolute Gasteiger partial charge is 0.332 e. The highest BCUT2D eigenvalue weighted by atomic mass is 16.7. The van der Waals surface area contributed by atoms with E-state index in [0.29, 0.717) is 0 Å². The molecule has 0 radical (unpaired) electrons. The van der Waals surface area contributed by atoms with Crippen LogP contribution in [0.25, 0.3) is 0 Å². The van der Waals surface area contributed by atoms with Gasteiger partial charge in [0.2, 0.25) is 0 Å². The first kappa shape index (κ1) is 16.9. The van der Waals surface area contributed by atoms with E-state index in [1.54, 1.807) is 0 Å². The molecule has 1 rings (SSSR count). The van der Waals surface area contributed by atoms with Crippen molar-refractivity contribution in [3.8, 4) is 0 Å². The molecular weight excluding hydrogens is 286 g/mol. The second kappa shape index (κ2) is 4.17. The van der Waals surface area contributed by atoms with E-state index >= 15 is 0 Å². The third-order valence-electron chi connectivity index (χ3n) is 5.80. The van der Waals surface area contributed by atoms with Crippen LogP contribution in [-0.2, 0) is 24.0 Å². The minimum atomic E-state index is -2.25. The minimum absolute atomic E-state index is 0.989. The molecule has 21 heavy (non-hydrogen) atoms. The van der Waals surface area contributed by atoms with Gasteiger partial charge in [0, 0.05) is 0 Å². The Bertz CT molecular complexity index is 527. The Labute approximate surface area is 119 Å². The fraction of sp³-hybridized carbons (Fsp3) is 0.667. The second-order valence-corrected chi connectivity index (χ2v) is 5.82. The van der Waals surface area contributed by atoms with Gasteiger partial charge in [0.1, 0.15) is 5.41 Å². The summed E-state index contributed by atoms with van der Waals surface area (Å²) >= 11 is 0. The highest BCUT2D eigenvalue weighted by Crippen LogP contribution is 2.78. The van der Waals surface area contributed by atoms with E-state index in [9.17, 15) is 34.5 Å². The maximum atomic E-state index is 12.0. The van der Waals surface area contributed by atoms with Crippen LogP contribution in [0, 0.1) is 21.7 Å². The lowest BCUT2D eigenvalue weighted by atomic mass is 9.26. The average Bonchev–Trinajstić information content (AvgIpc) is 2.41. The van der Waals surface area contributed by atoms with Gasteiger partial charge in [0.05, 0.1) is 16.2 Å². The van der Waals surface area contributed by atoms with Crippen molar-refractivity contribution in [1.82, 2.24) is 0 Å². The predicted octanol–water partition coefficient (Wildman–Crippen LogP) is -0.304. The molecule has 0 saturated heterocycles. The molecule has 118 valence electrons. The molecule has 1 aliphatic rings. The summed E-state index contributed by atoms with van der Waals surface area (Å²) in [6, 6.07) is 0. The van der Waals surface area contributed by atoms with Crippen molar-refractivity contribution in [2.24, 2.45) is 27.6 Å². The monoisotopic (exact) mass is 303 g/mol. The number of carbonyl (C=O) groups is 4. The number of carboxylic acids is 3. The van der Waals surface area contributed by atoms with Crippen LogP contribution in [0.5, 0.6) is 0 Å².